The third kappa shape index (κ3) is 7.19. The lowest BCUT2D eigenvalue weighted by Crippen LogP contribution is -2.48. The van der Waals surface area contributed by atoms with Crippen LogP contribution in [0.25, 0.3) is 0 Å². The van der Waals surface area contributed by atoms with Gasteiger partial charge in [0.2, 0.25) is 0 Å². The van der Waals surface area contributed by atoms with E-state index >= 15 is 0 Å². The first-order valence-corrected chi connectivity index (χ1v) is 8.71. The minimum absolute atomic E-state index is 0.196. The largest absolute Gasteiger partial charge is 0.389 e. The van der Waals surface area contributed by atoms with Crippen LogP contribution >= 0.6 is 11.6 Å². The number of ether oxygens (including phenoxy) is 1. The maximum Gasteiger partial charge on any atom is 0.0900 e. The van der Waals surface area contributed by atoms with Gasteiger partial charge in [-0.15, -0.1) is 0 Å². The summed E-state index contributed by atoms with van der Waals surface area (Å²) in [7, 11) is 0. The Balaban J connectivity index is 1.68. The second-order valence-corrected chi connectivity index (χ2v) is 7.72. The average Bonchev–Trinajstić information content (AvgIpc) is 2.49. The molecule has 1 aliphatic heterocycles. The first kappa shape index (κ1) is 18.7. The summed E-state index contributed by atoms with van der Waals surface area (Å²) >= 11 is 5.92. The monoisotopic (exact) mass is 340 g/mol. The normalized spacial score (nSPS) is 19.0. The topological polar surface area (TPSA) is 35.9 Å². The maximum absolute atomic E-state index is 10.1. The van der Waals surface area contributed by atoms with E-state index in [-0.39, 0.29) is 5.60 Å². The Bertz CT molecular complexity index is 465. The Labute approximate surface area is 145 Å². The molecular weight excluding hydrogens is 312 g/mol. The zero-order chi connectivity index (χ0) is 16.9. The molecule has 23 heavy (non-hydrogen) atoms. The van der Waals surface area contributed by atoms with Crippen LogP contribution in [0.3, 0.4) is 0 Å². The first-order valence-electron chi connectivity index (χ1n) is 8.33. The molecule has 4 nitrogen and oxygen atoms in total. The summed E-state index contributed by atoms with van der Waals surface area (Å²) in [5, 5.41) is 10.9. The highest BCUT2D eigenvalue weighted by Gasteiger charge is 2.20. The van der Waals surface area contributed by atoms with Crippen molar-refractivity contribution < 1.29 is 9.84 Å². The molecule has 130 valence electrons. The van der Waals surface area contributed by atoms with Crippen LogP contribution in [-0.2, 0) is 11.3 Å². The van der Waals surface area contributed by atoms with E-state index in [9.17, 15) is 5.11 Å². The van der Waals surface area contributed by atoms with Gasteiger partial charge < -0.3 is 9.84 Å². The lowest BCUT2D eigenvalue weighted by atomic mass is 10.2. The molecule has 1 aromatic rings. The van der Waals surface area contributed by atoms with Crippen molar-refractivity contribution in [3.63, 3.8) is 0 Å². The summed E-state index contributed by atoms with van der Waals surface area (Å²) in [6.45, 7) is 12.1. The number of hydrogen-bond acceptors (Lipinski definition) is 4. The number of halogens is 1. The SMILES string of the molecule is CC(C)(C)OCC(O)CN1CCN(Cc2ccc(Cl)cc2)CC1. The Hall–Kier alpha value is -0.650. The summed E-state index contributed by atoms with van der Waals surface area (Å²) in [6, 6.07) is 8.06. The molecule has 0 bridgehead atoms. The van der Waals surface area contributed by atoms with E-state index in [4.69, 9.17) is 16.3 Å². The van der Waals surface area contributed by atoms with Crippen molar-refractivity contribution in [1.82, 2.24) is 9.80 Å². The zero-order valence-corrected chi connectivity index (χ0v) is 15.2. The van der Waals surface area contributed by atoms with Crippen LogP contribution in [0.15, 0.2) is 24.3 Å². The van der Waals surface area contributed by atoms with Gasteiger partial charge in [-0.25, -0.2) is 0 Å². The minimum atomic E-state index is -0.419. The molecule has 0 radical (unpaired) electrons. The maximum atomic E-state index is 10.1. The van der Waals surface area contributed by atoms with Crippen LogP contribution in [0.4, 0.5) is 0 Å². The van der Waals surface area contributed by atoms with E-state index in [1.807, 2.05) is 32.9 Å². The summed E-state index contributed by atoms with van der Waals surface area (Å²) in [4.78, 5) is 4.76. The van der Waals surface area contributed by atoms with Crippen molar-refractivity contribution in [3.05, 3.63) is 34.9 Å². The summed E-state index contributed by atoms with van der Waals surface area (Å²) in [6.07, 6.45) is -0.419. The fraction of sp³-hybridized carbons (Fsp3) is 0.667. The van der Waals surface area contributed by atoms with Crippen LogP contribution in [0.1, 0.15) is 26.3 Å². The van der Waals surface area contributed by atoms with Gasteiger partial charge >= 0.3 is 0 Å². The summed E-state index contributed by atoms with van der Waals surface area (Å²) in [5.74, 6) is 0. The van der Waals surface area contributed by atoms with Crippen molar-refractivity contribution in [2.75, 3.05) is 39.3 Å². The molecular formula is C18H29ClN2O2. The summed E-state index contributed by atoms with van der Waals surface area (Å²) in [5.41, 5.74) is 1.10. The number of piperazine rings is 1. The molecule has 0 spiro atoms. The van der Waals surface area contributed by atoms with Gasteiger partial charge in [-0.3, -0.25) is 9.80 Å². The molecule has 5 heteroatoms. The van der Waals surface area contributed by atoms with Crippen LogP contribution in [0.2, 0.25) is 5.02 Å². The van der Waals surface area contributed by atoms with Crippen LogP contribution in [0, 0.1) is 0 Å². The minimum Gasteiger partial charge on any atom is -0.389 e. The predicted molar refractivity (Wildman–Crippen MR) is 94.9 cm³/mol. The number of aliphatic hydroxyl groups is 1. The Kier molecular flexibility index (Phi) is 6.86. The van der Waals surface area contributed by atoms with E-state index in [0.29, 0.717) is 13.2 Å². The number of rotatable bonds is 6. The van der Waals surface area contributed by atoms with E-state index in [1.54, 1.807) is 0 Å². The highest BCUT2D eigenvalue weighted by Crippen LogP contribution is 2.13. The Morgan fingerprint density at radius 2 is 1.65 bits per heavy atom. The van der Waals surface area contributed by atoms with Gasteiger partial charge in [0.05, 0.1) is 18.3 Å². The number of aliphatic hydroxyl groups excluding tert-OH is 1. The molecule has 1 saturated heterocycles. The Morgan fingerprint density at radius 1 is 1.09 bits per heavy atom. The van der Waals surface area contributed by atoms with Crippen molar-refractivity contribution >= 4 is 11.6 Å². The van der Waals surface area contributed by atoms with Crippen LogP contribution < -0.4 is 0 Å². The van der Waals surface area contributed by atoms with Crippen molar-refractivity contribution in [2.24, 2.45) is 0 Å². The van der Waals surface area contributed by atoms with Gasteiger partial charge in [-0.1, -0.05) is 23.7 Å². The standard InChI is InChI=1S/C18H29ClN2O2/c1-18(2,3)23-14-17(22)13-21-10-8-20(9-11-21)12-15-4-6-16(19)7-5-15/h4-7,17,22H,8-14H2,1-3H3. The number of hydrogen-bond donors (Lipinski definition) is 1. The van der Waals surface area contributed by atoms with Gasteiger partial charge in [-0.2, -0.15) is 0 Å². The zero-order valence-electron chi connectivity index (χ0n) is 14.5. The molecule has 0 aliphatic carbocycles. The van der Waals surface area contributed by atoms with Gasteiger partial charge in [0, 0.05) is 44.3 Å². The fourth-order valence-electron chi connectivity index (χ4n) is 2.67. The van der Waals surface area contributed by atoms with Gasteiger partial charge in [-0.05, 0) is 38.5 Å². The van der Waals surface area contributed by atoms with E-state index < -0.39 is 6.10 Å². The molecule has 0 amide bonds. The lowest BCUT2D eigenvalue weighted by molar-refractivity contribution is -0.0587. The van der Waals surface area contributed by atoms with Crippen molar-refractivity contribution in [1.29, 1.82) is 0 Å². The quantitative estimate of drug-likeness (QED) is 0.863. The molecule has 1 atom stereocenters. The molecule has 2 rings (SSSR count). The van der Waals surface area contributed by atoms with Crippen molar-refractivity contribution in [3.8, 4) is 0 Å². The Morgan fingerprint density at radius 3 is 2.22 bits per heavy atom. The lowest BCUT2D eigenvalue weighted by Gasteiger charge is -2.36. The molecule has 0 saturated carbocycles. The third-order valence-corrected chi connectivity index (χ3v) is 4.21. The molecule has 1 N–H and O–H groups in total. The summed E-state index contributed by atoms with van der Waals surface area (Å²) < 4.78 is 5.64. The van der Waals surface area contributed by atoms with Gasteiger partial charge in [0.15, 0.2) is 0 Å². The number of benzene rings is 1. The van der Waals surface area contributed by atoms with Crippen molar-refractivity contribution in [2.45, 2.75) is 39.0 Å². The van der Waals surface area contributed by atoms with E-state index in [0.717, 1.165) is 37.7 Å². The molecule has 1 heterocycles. The van der Waals surface area contributed by atoms with E-state index in [1.165, 1.54) is 5.56 Å². The molecule has 1 fully saturated rings. The molecule has 0 aromatic heterocycles. The van der Waals surface area contributed by atoms with Gasteiger partial charge in [0.25, 0.3) is 0 Å². The molecule has 1 aliphatic rings. The highest BCUT2D eigenvalue weighted by molar-refractivity contribution is 6.30. The van der Waals surface area contributed by atoms with Gasteiger partial charge in [0.1, 0.15) is 0 Å². The number of β-amino-alcohol motifs (C(OH)–C–C–N with tert-alkyl or cyclic N) is 1. The second kappa shape index (κ2) is 8.45. The predicted octanol–water partition coefficient (Wildman–Crippen LogP) is 2.63. The first-order chi connectivity index (χ1) is 10.8. The number of nitrogens with zero attached hydrogens (tertiary/aromatic N) is 2. The smallest absolute Gasteiger partial charge is 0.0900 e. The average molecular weight is 341 g/mol. The highest BCUT2D eigenvalue weighted by atomic mass is 35.5. The molecule has 1 unspecified atom stereocenters. The third-order valence-electron chi connectivity index (χ3n) is 3.96. The van der Waals surface area contributed by atoms with Crippen LogP contribution in [0.5, 0.6) is 0 Å². The molecule has 1 aromatic carbocycles. The van der Waals surface area contributed by atoms with Crippen LogP contribution in [-0.4, -0.2) is 65.9 Å². The van der Waals surface area contributed by atoms with E-state index in [2.05, 4.69) is 21.9 Å². The second-order valence-electron chi connectivity index (χ2n) is 7.28. The fourth-order valence-corrected chi connectivity index (χ4v) is 2.80.